The summed E-state index contributed by atoms with van der Waals surface area (Å²) in [5.74, 6) is -0.535. The van der Waals surface area contributed by atoms with Crippen molar-refractivity contribution in [1.29, 1.82) is 0 Å². The molecule has 0 saturated carbocycles. The van der Waals surface area contributed by atoms with Crippen molar-refractivity contribution in [1.82, 2.24) is 0 Å². The number of rotatable bonds is 8. The molecule has 0 aliphatic heterocycles. The first-order valence-electron chi connectivity index (χ1n) is 5.35. The predicted molar refractivity (Wildman–Crippen MR) is 63.4 cm³/mol. The minimum absolute atomic E-state index is 0.128. The average Bonchev–Trinajstić information content (AvgIpc) is 2.19. The number of phosphoric ester groups is 1. The van der Waals surface area contributed by atoms with E-state index in [0.717, 1.165) is 6.08 Å². The highest BCUT2D eigenvalue weighted by Crippen LogP contribution is 2.31. The maximum Gasteiger partial charge on any atom is 0.330 e. The molecule has 0 amide bonds. The van der Waals surface area contributed by atoms with Crippen LogP contribution in [0, 0.1) is 0 Å². The molecule has 1 N–H and O–H groups in total. The zero-order valence-electron chi connectivity index (χ0n) is 10.9. The molecule has 0 aromatic carbocycles. The van der Waals surface area contributed by atoms with Crippen molar-refractivity contribution < 1.29 is 32.9 Å². The maximum atomic E-state index is 10.8. The number of ether oxygens (including phenoxy) is 1. The van der Waals surface area contributed by atoms with Crippen LogP contribution in [-0.4, -0.2) is 55.7 Å². The van der Waals surface area contributed by atoms with Crippen molar-refractivity contribution >= 4 is 13.8 Å². The van der Waals surface area contributed by atoms with Crippen molar-refractivity contribution in [2.24, 2.45) is 0 Å². The van der Waals surface area contributed by atoms with E-state index < -0.39 is 13.8 Å². The van der Waals surface area contributed by atoms with Crippen LogP contribution in [0.15, 0.2) is 12.7 Å². The number of quaternary nitrogens is 1. The van der Waals surface area contributed by atoms with Crippen molar-refractivity contribution in [2.45, 2.75) is 12.5 Å². The third kappa shape index (κ3) is 8.38. The summed E-state index contributed by atoms with van der Waals surface area (Å²) in [4.78, 5) is 30.0. The van der Waals surface area contributed by atoms with Crippen LogP contribution in [0.25, 0.3) is 0 Å². The van der Waals surface area contributed by atoms with Gasteiger partial charge in [-0.2, -0.15) is 0 Å². The Morgan fingerprint density at radius 2 is 2.11 bits per heavy atom. The third-order valence-corrected chi connectivity index (χ3v) is 2.86. The Morgan fingerprint density at radius 1 is 1.56 bits per heavy atom. The topological polar surface area (TPSA) is 95.9 Å². The van der Waals surface area contributed by atoms with Crippen LogP contribution < -0.4 is 4.89 Å². The minimum atomic E-state index is -4.73. The van der Waals surface area contributed by atoms with Gasteiger partial charge in [-0.1, -0.05) is 6.58 Å². The lowest BCUT2D eigenvalue weighted by molar-refractivity contribution is -0.896. The van der Waals surface area contributed by atoms with Gasteiger partial charge >= 0.3 is 5.97 Å². The van der Waals surface area contributed by atoms with Gasteiger partial charge in [-0.3, -0.25) is 4.57 Å². The molecule has 0 spiro atoms. The molecule has 0 rings (SSSR count). The van der Waals surface area contributed by atoms with Crippen molar-refractivity contribution in [2.75, 3.05) is 34.4 Å². The normalized spacial score (nSPS) is 16.7. The molecule has 2 atom stereocenters. The number of likely N-dealkylation sites (N-methyl/N-ethyl adjacent to an activating group) is 1. The highest BCUT2D eigenvalue weighted by molar-refractivity contribution is 7.44. The fourth-order valence-corrected chi connectivity index (χ4v) is 1.59. The largest absolute Gasteiger partial charge is 0.756 e. The summed E-state index contributed by atoms with van der Waals surface area (Å²) in [6, 6.07) is -0.239. The molecule has 0 radical (unpaired) electrons. The van der Waals surface area contributed by atoms with Gasteiger partial charge in [0.05, 0.1) is 27.7 Å². The molecular weight excluding hydrogens is 261 g/mol. The molecule has 0 heterocycles. The highest BCUT2D eigenvalue weighted by Gasteiger charge is 2.25. The Balaban J connectivity index is 4.30. The van der Waals surface area contributed by atoms with Gasteiger partial charge in [0, 0.05) is 12.5 Å². The first-order valence-corrected chi connectivity index (χ1v) is 6.84. The SMILES string of the molecule is C=CC(=O)OCCC(COP(=O)([O-])O)[N+](C)(C)C. The van der Waals surface area contributed by atoms with Crippen LogP contribution in [0.2, 0.25) is 0 Å². The van der Waals surface area contributed by atoms with E-state index in [2.05, 4.69) is 11.1 Å². The van der Waals surface area contributed by atoms with E-state index >= 15 is 0 Å². The highest BCUT2D eigenvalue weighted by atomic mass is 31.2. The summed E-state index contributed by atoms with van der Waals surface area (Å²) in [5.41, 5.74) is 0. The summed E-state index contributed by atoms with van der Waals surface area (Å²) >= 11 is 0. The number of hydrogen-bond acceptors (Lipinski definition) is 5. The number of carbonyl (C=O) groups is 1. The van der Waals surface area contributed by atoms with Crippen molar-refractivity contribution in [3.05, 3.63) is 12.7 Å². The molecule has 18 heavy (non-hydrogen) atoms. The van der Waals surface area contributed by atoms with Crippen LogP contribution in [0.4, 0.5) is 0 Å². The Morgan fingerprint density at radius 3 is 2.50 bits per heavy atom. The van der Waals surface area contributed by atoms with E-state index in [1.54, 1.807) is 0 Å². The van der Waals surface area contributed by atoms with Gasteiger partial charge in [-0.25, -0.2) is 4.79 Å². The number of hydrogen-bond donors (Lipinski definition) is 1. The molecule has 0 fully saturated rings. The summed E-state index contributed by atoms with van der Waals surface area (Å²) in [7, 11) is 0.801. The van der Waals surface area contributed by atoms with Gasteiger partial charge in [0.15, 0.2) is 0 Å². The predicted octanol–water partition coefficient (Wildman–Crippen LogP) is -0.342. The van der Waals surface area contributed by atoms with E-state index in [0.29, 0.717) is 10.9 Å². The monoisotopic (exact) mass is 281 g/mol. The second kappa shape index (κ2) is 7.01. The molecule has 0 saturated heterocycles. The van der Waals surface area contributed by atoms with Gasteiger partial charge in [-0.05, 0) is 0 Å². The summed E-state index contributed by atoms with van der Waals surface area (Å²) in [5, 5.41) is 0. The summed E-state index contributed by atoms with van der Waals surface area (Å²) < 4.78 is 20.2. The zero-order valence-corrected chi connectivity index (χ0v) is 11.8. The van der Waals surface area contributed by atoms with Crippen LogP contribution in [0.5, 0.6) is 0 Å². The van der Waals surface area contributed by atoms with Gasteiger partial charge < -0.3 is 23.5 Å². The van der Waals surface area contributed by atoms with Gasteiger partial charge in [0.2, 0.25) is 0 Å². The molecular formula is C10H20NO6P. The molecule has 0 bridgehead atoms. The lowest BCUT2D eigenvalue weighted by Gasteiger charge is -2.34. The second-order valence-corrected chi connectivity index (χ2v) is 5.89. The fourth-order valence-electron chi connectivity index (χ4n) is 1.23. The van der Waals surface area contributed by atoms with Crippen LogP contribution in [0.3, 0.4) is 0 Å². The summed E-state index contributed by atoms with van der Waals surface area (Å²) in [6.07, 6.45) is 1.46. The Labute approximate surface area is 107 Å². The Hall–Kier alpha value is -0.720. The number of phosphoric acid groups is 1. The molecule has 8 heteroatoms. The van der Waals surface area contributed by atoms with Gasteiger partial charge in [0.25, 0.3) is 7.82 Å². The number of nitrogens with zero attached hydrogens (tertiary/aromatic N) is 1. The van der Waals surface area contributed by atoms with E-state index in [1.807, 2.05) is 21.1 Å². The zero-order chi connectivity index (χ0) is 14.4. The molecule has 2 unspecified atom stereocenters. The second-order valence-electron chi connectivity index (χ2n) is 4.69. The third-order valence-electron chi connectivity index (χ3n) is 2.39. The Bertz CT molecular complexity index is 332. The molecule has 0 aliphatic rings. The smallest absolute Gasteiger partial charge is 0.330 e. The standard InChI is InChI=1S/C10H20NO6P/c1-5-10(12)16-7-6-9(11(2,3)4)8-17-18(13,14)15/h5,9H,1,6-8H2,2-4H3,(H-,13,14,15). The Kier molecular flexibility index (Phi) is 6.73. The molecule has 106 valence electrons. The van der Waals surface area contributed by atoms with Crippen LogP contribution >= 0.6 is 7.82 Å². The minimum Gasteiger partial charge on any atom is -0.756 e. The molecule has 0 aromatic rings. The fraction of sp³-hybridized carbons (Fsp3) is 0.700. The number of carbonyl (C=O) groups excluding carboxylic acids is 1. The van der Waals surface area contributed by atoms with Crippen LogP contribution in [0.1, 0.15) is 6.42 Å². The van der Waals surface area contributed by atoms with E-state index in [9.17, 15) is 14.3 Å². The van der Waals surface area contributed by atoms with Gasteiger partial charge in [-0.15, -0.1) is 0 Å². The maximum absolute atomic E-state index is 10.8. The van der Waals surface area contributed by atoms with Gasteiger partial charge in [0.1, 0.15) is 12.6 Å². The first-order chi connectivity index (χ1) is 8.06. The first kappa shape index (κ1) is 17.3. The quantitative estimate of drug-likeness (QED) is 0.283. The average molecular weight is 281 g/mol. The van der Waals surface area contributed by atoms with E-state index in [-0.39, 0.29) is 19.3 Å². The molecule has 0 aromatic heterocycles. The van der Waals surface area contributed by atoms with E-state index in [1.165, 1.54) is 0 Å². The molecule has 0 aliphatic carbocycles. The molecule has 7 nitrogen and oxygen atoms in total. The van der Waals surface area contributed by atoms with Crippen molar-refractivity contribution in [3.8, 4) is 0 Å². The van der Waals surface area contributed by atoms with Crippen molar-refractivity contribution in [3.63, 3.8) is 0 Å². The number of esters is 1. The lowest BCUT2D eigenvalue weighted by atomic mass is 10.2. The van der Waals surface area contributed by atoms with Crippen LogP contribution in [-0.2, 0) is 18.6 Å². The summed E-state index contributed by atoms with van der Waals surface area (Å²) in [6.45, 7) is 3.22. The van der Waals surface area contributed by atoms with E-state index in [4.69, 9.17) is 9.63 Å². The lowest BCUT2D eigenvalue weighted by Crippen LogP contribution is -2.48.